The van der Waals surface area contributed by atoms with Crippen molar-refractivity contribution in [3.63, 3.8) is 0 Å². The standard InChI is InChI=1S/C31H32N.C24H24N.Ir/c1-30(2,3)27-14-10-22(11-15-27)24-8-7-9-26(20-24)29-21-25(18-19-32-29)23-12-16-28(17-13-23)31(4,5)6;1-23(2,3)16-13-14-25-21(15-16)19-11-8-10-18-17-9-6-7-12-20(17)24(4,5)22(18)19;/h7-8,10-21H,1-6H3;6-10,12-15H,1-5H3;/q2*-1;. The van der Waals surface area contributed by atoms with E-state index in [0.29, 0.717) is 0 Å². The predicted molar refractivity (Wildman–Crippen MR) is 242 cm³/mol. The third-order valence-electron chi connectivity index (χ3n) is 11.4. The van der Waals surface area contributed by atoms with Crippen LogP contribution in [-0.4, -0.2) is 9.97 Å². The van der Waals surface area contributed by atoms with Gasteiger partial charge in [0.1, 0.15) is 0 Å². The van der Waals surface area contributed by atoms with Crippen LogP contribution in [0.25, 0.3) is 55.9 Å². The van der Waals surface area contributed by atoms with Gasteiger partial charge in [-0.25, -0.2) is 0 Å². The average molecular weight is 937 g/mol. The zero-order valence-electron chi connectivity index (χ0n) is 36.0. The molecule has 0 atom stereocenters. The van der Waals surface area contributed by atoms with E-state index in [-0.39, 0.29) is 41.8 Å². The molecule has 3 heteroatoms. The van der Waals surface area contributed by atoms with Gasteiger partial charge in [-0.05, 0) is 89.7 Å². The number of hydrogen-bond donors (Lipinski definition) is 0. The molecule has 1 aliphatic carbocycles. The quantitative estimate of drug-likeness (QED) is 0.164. The Hall–Kier alpha value is -4.95. The summed E-state index contributed by atoms with van der Waals surface area (Å²) in [6, 6.07) is 52.4. The van der Waals surface area contributed by atoms with E-state index >= 15 is 0 Å². The summed E-state index contributed by atoms with van der Waals surface area (Å²) in [7, 11) is 0. The van der Waals surface area contributed by atoms with E-state index in [4.69, 9.17) is 4.98 Å². The fourth-order valence-electron chi connectivity index (χ4n) is 7.88. The van der Waals surface area contributed by atoms with Crippen molar-refractivity contribution < 1.29 is 20.1 Å². The summed E-state index contributed by atoms with van der Waals surface area (Å²) in [5, 5.41) is 0. The molecule has 8 rings (SSSR count). The van der Waals surface area contributed by atoms with Gasteiger partial charge in [-0.1, -0.05) is 167 Å². The smallest absolute Gasteiger partial charge is 0.0166 e. The number of benzene rings is 5. The Kier molecular flexibility index (Phi) is 12.0. The second kappa shape index (κ2) is 16.4. The minimum Gasteiger partial charge on any atom is -0.305 e. The minimum absolute atomic E-state index is 0. The summed E-state index contributed by atoms with van der Waals surface area (Å²) < 4.78 is 0. The van der Waals surface area contributed by atoms with E-state index in [1.807, 2.05) is 24.5 Å². The molecule has 2 aromatic heterocycles. The van der Waals surface area contributed by atoms with Crippen molar-refractivity contribution in [2.45, 2.75) is 97.8 Å². The van der Waals surface area contributed by atoms with E-state index in [1.165, 1.54) is 61.2 Å². The number of nitrogens with zero attached hydrogens (tertiary/aromatic N) is 2. The molecular formula is C55H56IrN2-2. The molecule has 2 heterocycles. The fourth-order valence-corrected chi connectivity index (χ4v) is 7.88. The molecule has 5 aromatic carbocycles. The van der Waals surface area contributed by atoms with Crippen molar-refractivity contribution in [1.29, 1.82) is 0 Å². The van der Waals surface area contributed by atoms with Crippen molar-refractivity contribution in [2.24, 2.45) is 0 Å². The first kappa shape index (κ1) is 42.6. The van der Waals surface area contributed by atoms with Crippen LogP contribution in [0.3, 0.4) is 0 Å². The molecule has 58 heavy (non-hydrogen) atoms. The van der Waals surface area contributed by atoms with Crippen LogP contribution in [0, 0.1) is 12.1 Å². The molecule has 0 saturated carbocycles. The fraction of sp³-hybridized carbons (Fsp3) is 0.273. The van der Waals surface area contributed by atoms with Crippen molar-refractivity contribution in [2.75, 3.05) is 0 Å². The van der Waals surface area contributed by atoms with Crippen LogP contribution in [0.15, 0.2) is 140 Å². The van der Waals surface area contributed by atoms with Gasteiger partial charge >= 0.3 is 0 Å². The van der Waals surface area contributed by atoms with Crippen LogP contribution in [0.2, 0.25) is 0 Å². The maximum Gasteiger partial charge on any atom is 0.0166 e. The van der Waals surface area contributed by atoms with Gasteiger partial charge in [0.25, 0.3) is 0 Å². The van der Waals surface area contributed by atoms with Gasteiger partial charge in [-0.3, -0.25) is 0 Å². The van der Waals surface area contributed by atoms with Crippen molar-refractivity contribution >= 4 is 0 Å². The van der Waals surface area contributed by atoms with Gasteiger partial charge in [0.05, 0.1) is 0 Å². The largest absolute Gasteiger partial charge is 0.305 e. The summed E-state index contributed by atoms with van der Waals surface area (Å²) in [4.78, 5) is 9.34. The van der Waals surface area contributed by atoms with Gasteiger partial charge < -0.3 is 9.97 Å². The molecule has 0 amide bonds. The Morgan fingerprint density at radius 2 is 1.00 bits per heavy atom. The first-order valence-electron chi connectivity index (χ1n) is 20.2. The summed E-state index contributed by atoms with van der Waals surface area (Å²) in [6.07, 6.45) is 3.82. The summed E-state index contributed by atoms with van der Waals surface area (Å²) in [6.45, 7) is 24.8. The van der Waals surface area contributed by atoms with Crippen molar-refractivity contribution in [1.82, 2.24) is 9.97 Å². The molecule has 0 bridgehead atoms. The van der Waals surface area contributed by atoms with E-state index in [2.05, 4.69) is 209 Å². The topological polar surface area (TPSA) is 25.8 Å². The van der Waals surface area contributed by atoms with Crippen molar-refractivity contribution in [3.8, 4) is 55.9 Å². The molecule has 0 unspecified atom stereocenters. The second-order valence-corrected chi connectivity index (χ2v) is 19.1. The van der Waals surface area contributed by atoms with Gasteiger partial charge in [0, 0.05) is 32.5 Å². The molecule has 1 aliphatic rings. The number of hydrogen-bond acceptors (Lipinski definition) is 2. The Bertz CT molecular complexity index is 2420. The van der Waals surface area contributed by atoms with E-state index in [1.54, 1.807) is 0 Å². The zero-order valence-corrected chi connectivity index (χ0v) is 38.4. The Morgan fingerprint density at radius 3 is 1.60 bits per heavy atom. The van der Waals surface area contributed by atoms with Gasteiger partial charge in [0.15, 0.2) is 0 Å². The molecule has 1 radical (unpaired) electrons. The molecule has 0 N–H and O–H groups in total. The maximum absolute atomic E-state index is 4.70. The number of fused-ring (bicyclic) bond motifs is 3. The van der Waals surface area contributed by atoms with Gasteiger partial charge in [-0.15, -0.1) is 64.7 Å². The van der Waals surface area contributed by atoms with Gasteiger partial charge in [-0.2, -0.15) is 0 Å². The molecule has 0 saturated heterocycles. The second-order valence-electron chi connectivity index (χ2n) is 19.1. The first-order valence-corrected chi connectivity index (χ1v) is 20.2. The Balaban J connectivity index is 0.000000198. The molecule has 7 aromatic rings. The van der Waals surface area contributed by atoms with Crippen LogP contribution in [-0.2, 0) is 41.8 Å². The summed E-state index contributed by atoms with van der Waals surface area (Å²) in [5.74, 6) is 0. The molecule has 0 spiro atoms. The van der Waals surface area contributed by atoms with Gasteiger partial charge in [0.2, 0.25) is 0 Å². The number of pyridine rings is 2. The SMILES string of the molecule is CC(C)(C)c1ccc(-c2cc[c-]c(-c3cc(-c4ccc(C(C)(C)C)cc4)ccn3)c2)cc1.CC(C)(C)c1ccnc(-c2[c-]ccc3c2C(C)(C)c2ccccc2-3)c1.[Ir]. The third-order valence-corrected chi connectivity index (χ3v) is 11.4. The molecule has 297 valence electrons. The van der Waals surface area contributed by atoms with Crippen LogP contribution >= 0.6 is 0 Å². The molecule has 0 aliphatic heterocycles. The normalized spacial score (nSPS) is 13.1. The molecular weight excluding hydrogens is 881 g/mol. The van der Waals surface area contributed by atoms with E-state index < -0.39 is 0 Å². The third kappa shape index (κ3) is 8.87. The van der Waals surface area contributed by atoms with E-state index in [0.717, 1.165) is 22.5 Å². The van der Waals surface area contributed by atoms with Crippen LogP contribution in [0.5, 0.6) is 0 Å². The van der Waals surface area contributed by atoms with Crippen molar-refractivity contribution in [3.05, 3.63) is 180 Å². The van der Waals surface area contributed by atoms with Crippen LogP contribution in [0.4, 0.5) is 0 Å². The maximum atomic E-state index is 4.70. The number of rotatable bonds is 4. The Labute approximate surface area is 361 Å². The summed E-state index contributed by atoms with van der Waals surface area (Å²) in [5.41, 5.74) is 18.6. The molecule has 0 fully saturated rings. The monoisotopic (exact) mass is 937 g/mol. The first-order chi connectivity index (χ1) is 26.9. The van der Waals surface area contributed by atoms with E-state index in [9.17, 15) is 0 Å². The molecule has 2 nitrogen and oxygen atoms in total. The number of aromatic nitrogens is 2. The minimum atomic E-state index is -0.0432. The average Bonchev–Trinajstić information content (AvgIpc) is 3.43. The van der Waals surface area contributed by atoms with Crippen LogP contribution in [0.1, 0.15) is 104 Å². The zero-order chi connectivity index (χ0) is 40.8. The summed E-state index contributed by atoms with van der Waals surface area (Å²) >= 11 is 0. The Morgan fingerprint density at radius 1 is 0.466 bits per heavy atom. The predicted octanol–water partition coefficient (Wildman–Crippen LogP) is 14.6. The van der Waals surface area contributed by atoms with Crippen LogP contribution < -0.4 is 0 Å².